The fourth-order valence-electron chi connectivity index (χ4n) is 5.32. The maximum atomic E-state index is 13.5. The zero-order chi connectivity index (χ0) is 29.9. The second-order valence-electron chi connectivity index (χ2n) is 10.4. The van der Waals surface area contributed by atoms with E-state index in [2.05, 4.69) is 20.3 Å². The Morgan fingerprint density at radius 1 is 1.21 bits per heavy atom. The predicted molar refractivity (Wildman–Crippen MR) is 149 cm³/mol. The van der Waals surface area contributed by atoms with E-state index in [-0.39, 0.29) is 36.7 Å². The molecular weight excluding hydrogens is 574 g/mol. The third-order valence-corrected chi connectivity index (χ3v) is 8.66. The standard InChI is InChI=1S/C26H26F2N8O5S/c1-13(36-12-30-21-20(36)24(39)35(25(40)33(21)2)7-15(37)10-41-3)22(38)31-18-11-42-23(32-18)14-4-5-19(29-6-14)34-8-16-17(9-34)26(16,27)28/h4-6,11-13,16-17H,7-10H2,1-3H3,(H,31,38)/t13-,16?,17?/m0/s1. The molecule has 1 saturated carbocycles. The summed E-state index contributed by atoms with van der Waals surface area (Å²) in [5.74, 6) is -3.77. The molecule has 2 unspecified atom stereocenters. The van der Waals surface area contributed by atoms with Gasteiger partial charge in [0, 0.05) is 44.4 Å². The number of nitrogens with one attached hydrogen (secondary N) is 1. The van der Waals surface area contributed by atoms with E-state index in [4.69, 9.17) is 4.74 Å². The van der Waals surface area contributed by atoms with Crippen LogP contribution < -0.4 is 21.5 Å². The second-order valence-corrected chi connectivity index (χ2v) is 11.3. The number of fused-ring (bicyclic) bond motifs is 2. The fourth-order valence-corrected chi connectivity index (χ4v) is 6.06. The number of halogens is 2. The van der Waals surface area contributed by atoms with Gasteiger partial charge in [0.1, 0.15) is 29.3 Å². The van der Waals surface area contributed by atoms with Crippen molar-refractivity contribution in [3.05, 3.63) is 50.9 Å². The zero-order valence-corrected chi connectivity index (χ0v) is 23.6. The summed E-state index contributed by atoms with van der Waals surface area (Å²) in [6, 6.07) is 2.66. The van der Waals surface area contributed by atoms with Crippen LogP contribution in [0.4, 0.5) is 20.4 Å². The SMILES string of the molecule is COCC(=O)Cn1c(=O)c2c(ncn2[C@@H](C)C(=O)Nc2csc(-c3ccc(N4CC5C(C4)C5(F)F)nc3)n2)n(C)c1=O. The number of carbonyl (C=O) groups excluding carboxylic acids is 2. The van der Waals surface area contributed by atoms with E-state index in [1.54, 1.807) is 24.6 Å². The van der Waals surface area contributed by atoms with Crippen molar-refractivity contribution >= 4 is 45.8 Å². The molecule has 16 heteroatoms. The number of nitrogens with zero attached hydrogens (tertiary/aromatic N) is 7. The highest BCUT2D eigenvalue weighted by Gasteiger charge is 2.71. The summed E-state index contributed by atoms with van der Waals surface area (Å²) >= 11 is 1.29. The number of aryl methyl sites for hydroxylation is 1. The van der Waals surface area contributed by atoms with Gasteiger partial charge < -0.3 is 19.5 Å². The van der Waals surface area contributed by atoms with Crippen LogP contribution in [0.2, 0.25) is 0 Å². The maximum absolute atomic E-state index is 13.5. The molecular formula is C26H26F2N8O5S. The first-order valence-corrected chi connectivity index (χ1v) is 13.9. The van der Waals surface area contributed by atoms with Gasteiger partial charge in [-0.05, 0) is 19.1 Å². The molecule has 5 heterocycles. The lowest BCUT2D eigenvalue weighted by Crippen LogP contribution is -2.42. The summed E-state index contributed by atoms with van der Waals surface area (Å²) in [7, 11) is 2.76. The number of aromatic nitrogens is 6. The Morgan fingerprint density at radius 2 is 1.95 bits per heavy atom. The van der Waals surface area contributed by atoms with Crippen LogP contribution in [0.15, 0.2) is 39.6 Å². The van der Waals surface area contributed by atoms with Crippen LogP contribution in [0.3, 0.4) is 0 Å². The van der Waals surface area contributed by atoms with Gasteiger partial charge in [-0.25, -0.2) is 28.5 Å². The molecule has 6 rings (SSSR count). The average molecular weight is 601 g/mol. The van der Waals surface area contributed by atoms with Crippen LogP contribution >= 0.6 is 11.3 Å². The Morgan fingerprint density at radius 3 is 2.62 bits per heavy atom. The van der Waals surface area contributed by atoms with Crippen LogP contribution in [-0.2, 0) is 27.9 Å². The van der Waals surface area contributed by atoms with Crippen molar-refractivity contribution in [2.24, 2.45) is 18.9 Å². The molecule has 1 saturated heterocycles. The first-order chi connectivity index (χ1) is 20.0. The van der Waals surface area contributed by atoms with Gasteiger partial charge in [-0.1, -0.05) is 0 Å². The molecule has 1 aliphatic carbocycles. The molecule has 0 bridgehead atoms. The Labute approximate surface area is 240 Å². The smallest absolute Gasteiger partial charge is 0.332 e. The summed E-state index contributed by atoms with van der Waals surface area (Å²) in [6.07, 6.45) is 2.91. The Hall–Kier alpha value is -4.31. The first-order valence-electron chi connectivity index (χ1n) is 13.0. The van der Waals surface area contributed by atoms with Crippen LogP contribution in [0.1, 0.15) is 13.0 Å². The topological polar surface area (TPSA) is 146 Å². The number of methoxy groups -OCH3 is 1. The molecule has 1 amide bonds. The lowest BCUT2D eigenvalue weighted by molar-refractivity contribution is -0.123. The molecule has 0 radical (unpaired) electrons. The Kier molecular flexibility index (Phi) is 6.76. The lowest BCUT2D eigenvalue weighted by Gasteiger charge is -2.20. The summed E-state index contributed by atoms with van der Waals surface area (Å²) in [5.41, 5.74) is -0.686. The van der Waals surface area contributed by atoms with E-state index in [9.17, 15) is 28.0 Å². The van der Waals surface area contributed by atoms with Crippen molar-refractivity contribution in [2.75, 3.05) is 37.0 Å². The number of carbonyl (C=O) groups is 2. The molecule has 13 nitrogen and oxygen atoms in total. The third kappa shape index (κ3) is 4.59. The molecule has 1 aliphatic heterocycles. The van der Waals surface area contributed by atoms with Gasteiger partial charge in [0.25, 0.3) is 11.5 Å². The number of imidazole rings is 1. The summed E-state index contributed by atoms with van der Waals surface area (Å²) < 4.78 is 35.1. The number of piperidine rings is 1. The van der Waals surface area contributed by atoms with Gasteiger partial charge in [0.05, 0.1) is 24.7 Å². The zero-order valence-electron chi connectivity index (χ0n) is 22.8. The van der Waals surface area contributed by atoms with Crippen molar-refractivity contribution in [3.63, 3.8) is 0 Å². The molecule has 220 valence electrons. The minimum Gasteiger partial charge on any atom is -0.377 e. The summed E-state index contributed by atoms with van der Waals surface area (Å²) in [4.78, 5) is 66.1. The number of thiazole rings is 1. The Bertz CT molecular complexity index is 1810. The highest BCUT2D eigenvalue weighted by atomic mass is 32.1. The van der Waals surface area contributed by atoms with Gasteiger partial charge in [-0.15, -0.1) is 11.3 Å². The third-order valence-electron chi connectivity index (χ3n) is 7.77. The molecule has 0 spiro atoms. The number of rotatable bonds is 9. The summed E-state index contributed by atoms with van der Waals surface area (Å²) in [6.45, 7) is 1.40. The van der Waals surface area contributed by atoms with E-state index >= 15 is 0 Å². The van der Waals surface area contributed by atoms with Crippen molar-refractivity contribution in [3.8, 4) is 10.6 Å². The monoisotopic (exact) mass is 600 g/mol. The maximum Gasteiger partial charge on any atom is 0.332 e. The lowest BCUT2D eigenvalue weighted by atomic mass is 10.3. The van der Waals surface area contributed by atoms with E-state index in [0.29, 0.717) is 16.4 Å². The minimum absolute atomic E-state index is 0.00544. The van der Waals surface area contributed by atoms with Crippen molar-refractivity contribution in [1.82, 2.24) is 28.7 Å². The molecule has 2 fully saturated rings. The molecule has 4 aromatic rings. The first kappa shape index (κ1) is 27.8. The van der Waals surface area contributed by atoms with Gasteiger partial charge in [-0.3, -0.25) is 23.5 Å². The van der Waals surface area contributed by atoms with Crippen LogP contribution in [-0.4, -0.2) is 73.1 Å². The fraction of sp³-hybridized carbons (Fsp3) is 0.423. The number of pyridine rings is 1. The molecule has 3 atom stereocenters. The van der Waals surface area contributed by atoms with Crippen molar-refractivity contribution < 1.29 is 23.1 Å². The molecule has 0 aromatic carbocycles. The number of ether oxygens (including phenoxy) is 1. The average Bonchev–Trinajstić information content (AvgIpc) is 3.55. The quantitative estimate of drug-likeness (QED) is 0.302. The van der Waals surface area contributed by atoms with Crippen LogP contribution in [0.25, 0.3) is 21.7 Å². The Balaban J connectivity index is 1.17. The normalized spacial score (nSPS) is 19.6. The van der Waals surface area contributed by atoms with E-state index < -0.39 is 53.3 Å². The van der Waals surface area contributed by atoms with Gasteiger partial charge in [0.2, 0.25) is 5.91 Å². The molecule has 1 N–H and O–H groups in total. The van der Waals surface area contributed by atoms with Crippen LogP contribution in [0, 0.1) is 11.8 Å². The summed E-state index contributed by atoms with van der Waals surface area (Å²) in [5, 5.41) is 4.99. The second kappa shape index (κ2) is 10.2. The van der Waals surface area contributed by atoms with E-state index in [1.165, 1.54) is 36.4 Å². The van der Waals surface area contributed by atoms with Crippen molar-refractivity contribution in [2.45, 2.75) is 25.4 Å². The number of ketones is 1. The number of amides is 1. The number of alkyl halides is 2. The van der Waals surface area contributed by atoms with Crippen molar-refractivity contribution in [1.29, 1.82) is 0 Å². The highest BCUT2D eigenvalue weighted by Crippen LogP contribution is 2.59. The van der Waals surface area contributed by atoms with E-state index in [1.807, 2.05) is 11.0 Å². The number of anilines is 2. The number of hydrogen-bond donors (Lipinski definition) is 1. The molecule has 42 heavy (non-hydrogen) atoms. The van der Waals surface area contributed by atoms with Gasteiger partial charge in [-0.2, -0.15) is 0 Å². The largest absolute Gasteiger partial charge is 0.377 e. The van der Waals surface area contributed by atoms with E-state index in [0.717, 1.165) is 9.13 Å². The predicted octanol–water partition coefficient (Wildman–Crippen LogP) is 1.53. The minimum atomic E-state index is -2.55. The number of hydrogen-bond acceptors (Lipinski definition) is 10. The van der Waals surface area contributed by atoms with Gasteiger partial charge in [0.15, 0.2) is 16.9 Å². The molecule has 4 aromatic heterocycles. The van der Waals surface area contributed by atoms with Gasteiger partial charge >= 0.3 is 5.69 Å². The molecule has 2 aliphatic rings. The van der Waals surface area contributed by atoms with Crippen LogP contribution in [0.5, 0.6) is 0 Å². The number of Topliss-reactive ketones (excluding diaryl/α,β-unsaturated/α-hetero) is 1. The highest BCUT2D eigenvalue weighted by molar-refractivity contribution is 7.13.